The number of hydrogen-bond donors (Lipinski definition) is 3. The first-order chi connectivity index (χ1) is 13.5. The molecule has 6 heteroatoms. The van der Waals surface area contributed by atoms with Crippen LogP contribution in [0.1, 0.15) is 52.7 Å². The lowest BCUT2D eigenvalue weighted by atomic mass is 9.95. The van der Waals surface area contributed by atoms with Gasteiger partial charge in [0.25, 0.3) is 0 Å². The molecule has 2 amide bonds. The molecule has 0 aromatic heterocycles. The molecule has 3 N–H and O–H groups in total. The SMILES string of the molecule is CCc1ccc2c(c1)C(CCNC(=O)CCc1ccc(C(=O)O)cc1)C(=O)N2. The van der Waals surface area contributed by atoms with Gasteiger partial charge in [-0.05, 0) is 54.2 Å². The van der Waals surface area contributed by atoms with Gasteiger partial charge in [0.15, 0.2) is 0 Å². The van der Waals surface area contributed by atoms with E-state index in [0.717, 1.165) is 23.2 Å². The lowest BCUT2D eigenvalue weighted by molar-refractivity contribution is -0.121. The highest BCUT2D eigenvalue weighted by atomic mass is 16.4. The Balaban J connectivity index is 1.47. The first-order valence-corrected chi connectivity index (χ1v) is 9.50. The standard InChI is InChI=1S/C22H24N2O4/c1-2-14-5-9-19-18(13-14)17(21(26)24-19)11-12-23-20(25)10-6-15-3-7-16(8-4-15)22(27)28/h3-5,7-9,13,17H,2,6,10-12H2,1H3,(H,23,25)(H,24,26)(H,27,28). The fraction of sp³-hybridized carbons (Fsp3) is 0.318. The van der Waals surface area contributed by atoms with Crippen molar-refractivity contribution >= 4 is 23.5 Å². The molecule has 0 radical (unpaired) electrons. The lowest BCUT2D eigenvalue weighted by Gasteiger charge is -2.11. The molecule has 3 rings (SSSR count). The normalized spacial score (nSPS) is 15.0. The molecular weight excluding hydrogens is 356 g/mol. The van der Waals surface area contributed by atoms with E-state index in [1.165, 1.54) is 17.7 Å². The van der Waals surface area contributed by atoms with Crippen molar-refractivity contribution in [2.24, 2.45) is 0 Å². The smallest absolute Gasteiger partial charge is 0.335 e. The van der Waals surface area contributed by atoms with E-state index in [1.807, 2.05) is 12.1 Å². The summed E-state index contributed by atoms with van der Waals surface area (Å²) in [5.74, 6) is -1.29. The molecule has 1 unspecified atom stereocenters. The number of aryl methyl sites for hydroxylation is 2. The minimum atomic E-state index is -0.965. The van der Waals surface area contributed by atoms with Crippen LogP contribution < -0.4 is 10.6 Å². The molecule has 1 atom stereocenters. The molecule has 6 nitrogen and oxygen atoms in total. The second kappa shape index (κ2) is 8.69. The van der Waals surface area contributed by atoms with E-state index < -0.39 is 5.97 Å². The predicted molar refractivity (Wildman–Crippen MR) is 107 cm³/mol. The quantitative estimate of drug-likeness (QED) is 0.656. The molecule has 0 saturated carbocycles. The van der Waals surface area contributed by atoms with Crippen LogP contribution in [0.5, 0.6) is 0 Å². The van der Waals surface area contributed by atoms with Crippen molar-refractivity contribution in [1.29, 1.82) is 0 Å². The average molecular weight is 380 g/mol. The van der Waals surface area contributed by atoms with Crippen LogP contribution in [-0.2, 0) is 22.4 Å². The van der Waals surface area contributed by atoms with Gasteiger partial charge >= 0.3 is 5.97 Å². The van der Waals surface area contributed by atoms with Crippen molar-refractivity contribution in [3.8, 4) is 0 Å². The molecule has 28 heavy (non-hydrogen) atoms. The molecule has 2 aromatic carbocycles. The Morgan fingerprint density at radius 1 is 1.11 bits per heavy atom. The van der Waals surface area contributed by atoms with E-state index in [9.17, 15) is 14.4 Å². The maximum atomic E-state index is 12.2. The Hall–Kier alpha value is -3.15. The van der Waals surface area contributed by atoms with Crippen LogP contribution in [0.2, 0.25) is 0 Å². The Labute approximate surface area is 164 Å². The van der Waals surface area contributed by atoms with E-state index in [4.69, 9.17) is 5.11 Å². The van der Waals surface area contributed by atoms with Gasteiger partial charge in [-0.15, -0.1) is 0 Å². The zero-order valence-corrected chi connectivity index (χ0v) is 15.8. The number of nitrogens with one attached hydrogen (secondary N) is 2. The van der Waals surface area contributed by atoms with Gasteiger partial charge in [-0.3, -0.25) is 9.59 Å². The monoisotopic (exact) mass is 380 g/mol. The minimum absolute atomic E-state index is 0.0176. The second-order valence-corrected chi connectivity index (χ2v) is 6.96. The third-order valence-electron chi connectivity index (χ3n) is 5.07. The van der Waals surface area contributed by atoms with Crippen molar-refractivity contribution in [3.05, 3.63) is 64.7 Å². The summed E-state index contributed by atoms with van der Waals surface area (Å²) in [6.45, 7) is 2.51. The van der Waals surface area contributed by atoms with Crippen LogP contribution >= 0.6 is 0 Å². The summed E-state index contributed by atoms with van der Waals surface area (Å²) in [6.07, 6.45) is 2.33. The maximum Gasteiger partial charge on any atom is 0.335 e. The van der Waals surface area contributed by atoms with Crippen LogP contribution in [0.4, 0.5) is 5.69 Å². The molecule has 146 valence electrons. The Morgan fingerprint density at radius 3 is 2.50 bits per heavy atom. The average Bonchev–Trinajstić information content (AvgIpc) is 3.01. The van der Waals surface area contributed by atoms with Gasteiger partial charge in [-0.25, -0.2) is 4.79 Å². The first kappa shape index (κ1) is 19.6. The molecule has 2 aromatic rings. The number of rotatable bonds is 8. The maximum absolute atomic E-state index is 12.2. The molecule has 0 fully saturated rings. The van der Waals surface area contributed by atoms with E-state index in [2.05, 4.69) is 23.6 Å². The molecule has 0 aliphatic carbocycles. The molecular formula is C22H24N2O4. The number of fused-ring (bicyclic) bond motifs is 1. The van der Waals surface area contributed by atoms with E-state index >= 15 is 0 Å². The number of amides is 2. The van der Waals surface area contributed by atoms with Gasteiger partial charge < -0.3 is 15.7 Å². The van der Waals surface area contributed by atoms with Crippen LogP contribution in [0.25, 0.3) is 0 Å². The summed E-state index contributed by atoms with van der Waals surface area (Å²) < 4.78 is 0. The topological polar surface area (TPSA) is 95.5 Å². The number of carbonyl (C=O) groups is 3. The van der Waals surface area contributed by atoms with Crippen molar-refractivity contribution in [1.82, 2.24) is 5.32 Å². The zero-order valence-electron chi connectivity index (χ0n) is 15.8. The van der Waals surface area contributed by atoms with Crippen LogP contribution in [0, 0.1) is 0 Å². The minimum Gasteiger partial charge on any atom is -0.478 e. The van der Waals surface area contributed by atoms with Gasteiger partial charge in [0.2, 0.25) is 11.8 Å². The van der Waals surface area contributed by atoms with Crippen LogP contribution in [0.3, 0.4) is 0 Å². The molecule has 0 bridgehead atoms. The highest BCUT2D eigenvalue weighted by Crippen LogP contribution is 2.35. The number of carboxylic acids is 1. The predicted octanol–water partition coefficient (Wildman–Crippen LogP) is 3.12. The largest absolute Gasteiger partial charge is 0.478 e. The number of carboxylic acid groups (broad SMARTS) is 1. The molecule has 1 aliphatic heterocycles. The van der Waals surface area contributed by atoms with Gasteiger partial charge in [0.1, 0.15) is 0 Å². The molecule has 0 saturated heterocycles. The summed E-state index contributed by atoms with van der Waals surface area (Å²) in [7, 11) is 0. The van der Waals surface area contributed by atoms with Crippen LogP contribution in [-0.4, -0.2) is 29.4 Å². The third kappa shape index (κ3) is 4.57. The van der Waals surface area contributed by atoms with Gasteiger partial charge in [-0.2, -0.15) is 0 Å². The Bertz CT molecular complexity index is 890. The fourth-order valence-corrected chi connectivity index (χ4v) is 3.40. The fourth-order valence-electron chi connectivity index (χ4n) is 3.40. The number of carbonyl (C=O) groups excluding carboxylic acids is 2. The molecule has 1 aliphatic rings. The second-order valence-electron chi connectivity index (χ2n) is 6.96. The van der Waals surface area contributed by atoms with E-state index in [-0.39, 0.29) is 23.3 Å². The lowest BCUT2D eigenvalue weighted by Crippen LogP contribution is -2.27. The first-order valence-electron chi connectivity index (χ1n) is 9.50. The summed E-state index contributed by atoms with van der Waals surface area (Å²) in [4.78, 5) is 35.2. The van der Waals surface area contributed by atoms with Gasteiger partial charge in [-0.1, -0.05) is 31.2 Å². The third-order valence-corrected chi connectivity index (χ3v) is 5.07. The Morgan fingerprint density at radius 2 is 1.82 bits per heavy atom. The highest BCUT2D eigenvalue weighted by Gasteiger charge is 2.30. The summed E-state index contributed by atoms with van der Waals surface area (Å²) in [5, 5.41) is 14.7. The van der Waals surface area contributed by atoms with Crippen molar-refractivity contribution in [2.75, 3.05) is 11.9 Å². The van der Waals surface area contributed by atoms with Crippen molar-refractivity contribution < 1.29 is 19.5 Å². The number of hydrogen-bond acceptors (Lipinski definition) is 3. The van der Waals surface area contributed by atoms with E-state index in [0.29, 0.717) is 25.8 Å². The van der Waals surface area contributed by atoms with Crippen molar-refractivity contribution in [2.45, 2.75) is 38.5 Å². The van der Waals surface area contributed by atoms with Gasteiger partial charge in [0, 0.05) is 18.7 Å². The number of anilines is 1. The summed E-state index contributed by atoms with van der Waals surface area (Å²) in [5.41, 5.74) is 4.21. The zero-order chi connectivity index (χ0) is 20.1. The van der Waals surface area contributed by atoms with Gasteiger partial charge in [0.05, 0.1) is 11.5 Å². The molecule has 1 heterocycles. The molecule has 0 spiro atoms. The highest BCUT2D eigenvalue weighted by molar-refractivity contribution is 6.03. The Kier molecular flexibility index (Phi) is 6.09. The van der Waals surface area contributed by atoms with E-state index in [1.54, 1.807) is 12.1 Å². The summed E-state index contributed by atoms with van der Waals surface area (Å²) in [6, 6.07) is 12.6. The summed E-state index contributed by atoms with van der Waals surface area (Å²) >= 11 is 0. The number of aromatic carboxylic acids is 1. The van der Waals surface area contributed by atoms with Crippen LogP contribution in [0.15, 0.2) is 42.5 Å². The number of benzene rings is 2. The van der Waals surface area contributed by atoms with Crippen molar-refractivity contribution in [3.63, 3.8) is 0 Å².